The van der Waals surface area contributed by atoms with Crippen LogP contribution < -0.4 is 10.2 Å². The first-order valence-corrected chi connectivity index (χ1v) is 8.10. The van der Waals surface area contributed by atoms with Gasteiger partial charge in [0.25, 0.3) is 5.91 Å². The summed E-state index contributed by atoms with van der Waals surface area (Å²) < 4.78 is 0. The van der Waals surface area contributed by atoms with Crippen LogP contribution in [0.4, 0.5) is 11.5 Å². The topological polar surface area (TPSA) is 58.1 Å². The number of nitrogens with one attached hydrogen (secondary N) is 1. The van der Waals surface area contributed by atoms with E-state index in [0.717, 1.165) is 35.7 Å². The molecule has 2 heterocycles. The fraction of sp³-hybridized carbons (Fsp3) is 0.389. The highest BCUT2D eigenvalue weighted by Crippen LogP contribution is 2.20. The number of rotatable bonds is 3. The van der Waals surface area contributed by atoms with Crippen molar-refractivity contribution in [3.05, 3.63) is 47.4 Å². The first-order chi connectivity index (χ1) is 11.1. The van der Waals surface area contributed by atoms with E-state index in [1.807, 2.05) is 32.0 Å². The van der Waals surface area contributed by atoms with Gasteiger partial charge in [0, 0.05) is 24.8 Å². The van der Waals surface area contributed by atoms with Gasteiger partial charge in [-0.2, -0.15) is 0 Å². The van der Waals surface area contributed by atoms with Crippen molar-refractivity contribution >= 4 is 17.4 Å². The average Bonchev–Trinajstić information content (AvgIpc) is 2.60. The van der Waals surface area contributed by atoms with E-state index in [9.17, 15) is 4.79 Å². The average molecular weight is 310 g/mol. The van der Waals surface area contributed by atoms with Gasteiger partial charge in [0.1, 0.15) is 17.8 Å². The lowest BCUT2D eigenvalue weighted by molar-refractivity contribution is 0.102. The van der Waals surface area contributed by atoms with E-state index >= 15 is 0 Å². The van der Waals surface area contributed by atoms with Crippen LogP contribution in [0.25, 0.3) is 0 Å². The highest BCUT2D eigenvalue weighted by atomic mass is 16.1. The molecule has 1 saturated heterocycles. The van der Waals surface area contributed by atoms with E-state index in [2.05, 4.69) is 20.2 Å². The molecular weight excluding hydrogens is 288 g/mol. The number of aryl methyl sites for hydroxylation is 1. The molecule has 1 aromatic carbocycles. The molecule has 23 heavy (non-hydrogen) atoms. The molecule has 120 valence electrons. The van der Waals surface area contributed by atoms with E-state index in [-0.39, 0.29) is 5.91 Å². The molecule has 3 rings (SSSR count). The van der Waals surface area contributed by atoms with Crippen LogP contribution in [-0.4, -0.2) is 29.0 Å². The third-order valence-corrected chi connectivity index (χ3v) is 4.42. The standard InChI is InChI=1S/C18H22N4O/c1-13-7-6-8-15(14(13)2)21-18(23)16-11-17(20-12-19-16)22-9-4-3-5-10-22/h6-8,11-12H,3-5,9-10H2,1-2H3,(H,21,23). The number of aromatic nitrogens is 2. The highest BCUT2D eigenvalue weighted by molar-refractivity contribution is 6.03. The summed E-state index contributed by atoms with van der Waals surface area (Å²) in [5.41, 5.74) is 3.46. The third-order valence-electron chi connectivity index (χ3n) is 4.42. The van der Waals surface area contributed by atoms with Gasteiger partial charge < -0.3 is 10.2 Å². The van der Waals surface area contributed by atoms with E-state index in [1.165, 1.54) is 25.6 Å². The van der Waals surface area contributed by atoms with Crippen molar-refractivity contribution in [3.8, 4) is 0 Å². The van der Waals surface area contributed by atoms with E-state index in [1.54, 1.807) is 6.07 Å². The molecule has 1 aromatic heterocycles. The maximum Gasteiger partial charge on any atom is 0.274 e. The summed E-state index contributed by atoms with van der Waals surface area (Å²) in [5.74, 6) is 0.644. The minimum atomic E-state index is -0.195. The Morgan fingerprint density at radius 1 is 1.13 bits per heavy atom. The Morgan fingerprint density at radius 2 is 1.91 bits per heavy atom. The molecule has 0 aliphatic carbocycles. The van der Waals surface area contributed by atoms with Crippen molar-refractivity contribution in [3.63, 3.8) is 0 Å². The summed E-state index contributed by atoms with van der Waals surface area (Å²) in [6.45, 7) is 6.03. The second-order valence-electron chi connectivity index (χ2n) is 6.01. The van der Waals surface area contributed by atoms with E-state index in [0.29, 0.717) is 5.69 Å². The van der Waals surface area contributed by atoms with Crippen molar-refractivity contribution < 1.29 is 4.79 Å². The van der Waals surface area contributed by atoms with Gasteiger partial charge in [-0.3, -0.25) is 4.79 Å². The summed E-state index contributed by atoms with van der Waals surface area (Å²) in [4.78, 5) is 23.2. The molecule has 0 bridgehead atoms. The summed E-state index contributed by atoms with van der Waals surface area (Å²) in [6, 6.07) is 7.67. The molecule has 0 saturated carbocycles. The maximum absolute atomic E-state index is 12.5. The Morgan fingerprint density at radius 3 is 2.70 bits per heavy atom. The summed E-state index contributed by atoms with van der Waals surface area (Å²) >= 11 is 0. The SMILES string of the molecule is Cc1cccc(NC(=O)c2cc(N3CCCCC3)ncn2)c1C. The van der Waals surface area contributed by atoms with Crippen molar-refractivity contribution in [2.24, 2.45) is 0 Å². The number of carbonyl (C=O) groups is 1. The Kier molecular flexibility index (Phi) is 4.55. The van der Waals surface area contributed by atoms with Crippen LogP contribution in [0.3, 0.4) is 0 Å². The lowest BCUT2D eigenvalue weighted by Crippen LogP contribution is -2.30. The predicted octanol–water partition coefficient (Wildman–Crippen LogP) is 3.34. The number of hydrogen-bond donors (Lipinski definition) is 1. The Hall–Kier alpha value is -2.43. The number of benzene rings is 1. The van der Waals surface area contributed by atoms with Crippen LogP contribution >= 0.6 is 0 Å². The Balaban J connectivity index is 1.78. The maximum atomic E-state index is 12.5. The predicted molar refractivity (Wildman–Crippen MR) is 92.0 cm³/mol. The van der Waals surface area contributed by atoms with Crippen LogP contribution in [0.15, 0.2) is 30.6 Å². The third kappa shape index (κ3) is 3.50. The molecule has 1 amide bonds. The van der Waals surface area contributed by atoms with Gasteiger partial charge in [-0.05, 0) is 50.3 Å². The molecule has 0 unspecified atom stereocenters. The van der Waals surface area contributed by atoms with E-state index in [4.69, 9.17) is 0 Å². The largest absolute Gasteiger partial charge is 0.357 e. The smallest absolute Gasteiger partial charge is 0.274 e. The first-order valence-electron chi connectivity index (χ1n) is 8.10. The number of hydrogen-bond acceptors (Lipinski definition) is 4. The molecule has 5 heteroatoms. The molecule has 1 N–H and O–H groups in total. The van der Waals surface area contributed by atoms with Crippen molar-refractivity contribution in [2.45, 2.75) is 33.1 Å². The number of amides is 1. The zero-order valence-electron chi connectivity index (χ0n) is 13.7. The van der Waals surface area contributed by atoms with Gasteiger partial charge >= 0.3 is 0 Å². The van der Waals surface area contributed by atoms with Crippen LogP contribution in [0.2, 0.25) is 0 Å². The Labute approximate surface area is 136 Å². The number of nitrogens with zero attached hydrogens (tertiary/aromatic N) is 3. The van der Waals surface area contributed by atoms with E-state index < -0.39 is 0 Å². The zero-order chi connectivity index (χ0) is 16.2. The molecule has 0 spiro atoms. The van der Waals surface area contributed by atoms with Gasteiger partial charge in [0.2, 0.25) is 0 Å². The minimum Gasteiger partial charge on any atom is -0.357 e. The van der Waals surface area contributed by atoms with Crippen LogP contribution in [-0.2, 0) is 0 Å². The quantitative estimate of drug-likeness (QED) is 0.944. The second kappa shape index (κ2) is 6.77. The summed E-state index contributed by atoms with van der Waals surface area (Å²) in [5, 5.41) is 2.95. The van der Waals surface area contributed by atoms with Crippen LogP contribution in [0.5, 0.6) is 0 Å². The lowest BCUT2D eigenvalue weighted by atomic mass is 10.1. The summed E-state index contributed by atoms with van der Waals surface area (Å²) in [7, 11) is 0. The summed E-state index contributed by atoms with van der Waals surface area (Å²) in [6.07, 6.45) is 5.09. The van der Waals surface area contributed by atoms with Crippen molar-refractivity contribution in [1.29, 1.82) is 0 Å². The fourth-order valence-corrected chi connectivity index (χ4v) is 2.84. The Bertz CT molecular complexity index is 708. The highest BCUT2D eigenvalue weighted by Gasteiger charge is 2.16. The van der Waals surface area contributed by atoms with Gasteiger partial charge in [0.05, 0.1) is 0 Å². The van der Waals surface area contributed by atoms with Gasteiger partial charge in [-0.15, -0.1) is 0 Å². The molecular formula is C18H22N4O. The van der Waals surface area contributed by atoms with Gasteiger partial charge in [0.15, 0.2) is 0 Å². The molecule has 5 nitrogen and oxygen atoms in total. The zero-order valence-corrected chi connectivity index (χ0v) is 13.7. The van der Waals surface area contributed by atoms with Crippen LogP contribution in [0, 0.1) is 13.8 Å². The molecule has 0 atom stereocenters. The molecule has 2 aromatic rings. The minimum absolute atomic E-state index is 0.195. The lowest BCUT2D eigenvalue weighted by Gasteiger charge is -2.27. The normalized spacial score (nSPS) is 14.6. The van der Waals surface area contributed by atoms with Crippen LogP contribution in [0.1, 0.15) is 40.9 Å². The van der Waals surface area contributed by atoms with Gasteiger partial charge in [-0.1, -0.05) is 12.1 Å². The monoisotopic (exact) mass is 310 g/mol. The number of carbonyl (C=O) groups excluding carboxylic acids is 1. The van der Waals surface area contributed by atoms with Crippen molar-refractivity contribution in [2.75, 3.05) is 23.3 Å². The molecule has 1 aliphatic rings. The second-order valence-corrected chi connectivity index (χ2v) is 6.01. The van der Waals surface area contributed by atoms with Gasteiger partial charge in [-0.25, -0.2) is 9.97 Å². The molecule has 1 aliphatic heterocycles. The number of piperidine rings is 1. The molecule has 0 radical (unpaired) electrons. The molecule has 1 fully saturated rings. The first kappa shape index (κ1) is 15.5. The van der Waals surface area contributed by atoms with Crippen molar-refractivity contribution in [1.82, 2.24) is 9.97 Å². The number of anilines is 2. The fourth-order valence-electron chi connectivity index (χ4n) is 2.84.